The third kappa shape index (κ3) is 4.45. The summed E-state index contributed by atoms with van der Waals surface area (Å²) < 4.78 is 9.44. The number of aromatic nitrogens is 4. The highest BCUT2D eigenvalue weighted by molar-refractivity contribution is 6.33. The summed E-state index contributed by atoms with van der Waals surface area (Å²) in [6.07, 6.45) is 1.52. The van der Waals surface area contributed by atoms with Gasteiger partial charge in [-0.25, -0.2) is 14.3 Å². The molecular formula is C25H23Cl2N5O4. The van der Waals surface area contributed by atoms with Crippen molar-refractivity contribution >= 4 is 40.3 Å². The number of amides is 1. The van der Waals surface area contributed by atoms with Crippen LogP contribution >= 0.6 is 23.2 Å². The van der Waals surface area contributed by atoms with Crippen molar-refractivity contribution in [3.05, 3.63) is 79.4 Å². The molecule has 5 rings (SSSR count). The highest BCUT2D eigenvalue weighted by atomic mass is 35.5. The summed E-state index contributed by atoms with van der Waals surface area (Å²) in [5, 5.41) is 0.948. The molecule has 0 aliphatic carbocycles. The molecule has 0 unspecified atom stereocenters. The Morgan fingerprint density at radius 3 is 2.39 bits per heavy atom. The number of nitrogens with zero attached hydrogens (tertiary/aromatic N) is 4. The Bertz CT molecular complexity index is 1570. The molecule has 0 saturated carbocycles. The zero-order valence-corrected chi connectivity index (χ0v) is 20.7. The largest absolute Gasteiger partial charge is 0.381 e. The first-order chi connectivity index (χ1) is 17.3. The molecule has 1 aliphatic heterocycles. The van der Waals surface area contributed by atoms with E-state index in [2.05, 4.69) is 0 Å². The molecule has 9 nitrogen and oxygen atoms in total. The molecule has 1 fully saturated rings. The van der Waals surface area contributed by atoms with Gasteiger partial charge in [0.1, 0.15) is 12.4 Å². The van der Waals surface area contributed by atoms with Crippen LogP contribution in [0.3, 0.4) is 0 Å². The van der Waals surface area contributed by atoms with Crippen molar-refractivity contribution in [3.8, 4) is 17.1 Å². The molecule has 186 valence electrons. The van der Waals surface area contributed by atoms with Crippen molar-refractivity contribution in [1.29, 1.82) is 0 Å². The van der Waals surface area contributed by atoms with E-state index in [0.29, 0.717) is 46.9 Å². The second kappa shape index (κ2) is 9.93. The number of halogens is 2. The minimum absolute atomic E-state index is 0.139. The molecule has 1 aliphatic rings. The molecule has 0 spiro atoms. The van der Waals surface area contributed by atoms with Gasteiger partial charge in [0, 0.05) is 36.0 Å². The smallest absolute Gasteiger partial charge is 0.333 e. The quantitative estimate of drug-likeness (QED) is 0.413. The summed E-state index contributed by atoms with van der Waals surface area (Å²) in [4.78, 5) is 43.8. The lowest BCUT2D eigenvalue weighted by Crippen LogP contribution is -2.44. The van der Waals surface area contributed by atoms with E-state index >= 15 is 0 Å². The SMILES string of the molecule is NC(=O)Cn1c(=O)c2c(nc(-c3ccccc3Cl)n2-c2ccc(Cl)cc2)n(CC2CCOCC2)c1=O. The topological polar surface area (TPSA) is 114 Å². The number of rotatable bonds is 6. The first kappa shape index (κ1) is 24.3. The summed E-state index contributed by atoms with van der Waals surface area (Å²) >= 11 is 12.7. The van der Waals surface area contributed by atoms with Crippen LogP contribution in [0.1, 0.15) is 12.8 Å². The summed E-state index contributed by atoms with van der Waals surface area (Å²) in [6, 6.07) is 14.0. The zero-order chi connectivity index (χ0) is 25.4. The molecule has 11 heteroatoms. The monoisotopic (exact) mass is 527 g/mol. The molecule has 2 aromatic heterocycles. The van der Waals surface area contributed by atoms with Crippen LogP contribution in [0.5, 0.6) is 0 Å². The van der Waals surface area contributed by atoms with Crippen LogP contribution in [-0.2, 0) is 22.6 Å². The number of primary amides is 1. The molecule has 4 aromatic rings. The van der Waals surface area contributed by atoms with Gasteiger partial charge in [0.15, 0.2) is 11.2 Å². The lowest BCUT2D eigenvalue weighted by atomic mass is 10.0. The van der Waals surface area contributed by atoms with E-state index in [1.54, 1.807) is 47.0 Å². The second-order valence-electron chi connectivity index (χ2n) is 8.71. The summed E-state index contributed by atoms with van der Waals surface area (Å²) in [6.45, 7) is 0.951. The van der Waals surface area contributed by atoms with Crippen molar-refractivity contribution in [3.63, 3.8) is 0 Å². The number of hydrogen-bond acceptors (Lipinski definition) is 5. The first-order valence-electron chi connectivity index (χ1n) is 11.5. The average Bonchev–Trinajstić information content (AvgIpc) is 3.26. The lowest BCUT2D eigenvalue weighted by molar-refractivity contribution is -0.118. The maximum Gasteiger partial charge on any atom is 0.333 e. The Balaban J connectivity index is 1.88. The van der Waals surface area contributed by atoms with Crippen molar-refractivity contribution in [2.45, 2.75) is 25.9 Å². The maximum atomic E-state index is 13.7. The fourth-order valence-corrected chi connectivity index (χ4v) is 4.90. The number of imidazole rings is 1. The van der Waals surface area contributed by atoms with Crippen LogP contribution < -0.4 is 17.0 Å². The number of benzene rings is 2. The van der Waals surface area contributed by atoms with Crippen molar-refractivity contribution in [2.24, 2.45) is 11.7 Å². The van der Waals surface area contributed by atoms with E-state index in [1.165, 1.54) is 4.57 Å². The Morgan fingerprint density at radius 1 is 1.03 bits per heavy atom. The minimum Gasteiger partial charge on any atom is -0.381 e. The van der Waals surface area contributed by atoms with E-state index in [-0.39, 0.29) is 17.1 Å². The van der Waals surface area contributed by atoms with Crippen LogP contribution in [0, 0.1) is 5.92 Å². The molecule has 3 heterocycles. The Labute approximate surface area is 215 Å². The zero-order valence-electron chi connectivity index (χ0n) is 19.2. The maximum absolute atomic E-state index is 13.7. The number of fused-ring (bicyclic) bond motifs is 1. The van der Waals surface area contributed by atoms with E-state index < -0.39 is 23.7 Å². The van der Waals surface area contributed by atoms with Gasteiger partial charge in [-0.15, -0.1) is 0 Å². The Hall–Kier alpha value is -3.40. The van der Waals surface area contributed by atoms with Crippen LogP contribution in [0.25, 0.3) is 28.2 Å². The normalized spacial score (nSPS) is 14.4. The van der Waals surface area contributed by atoms with Crippen molar-refractivity contribution in [2.75, 3.05) is 13.2 Å². The highest BCUT2D eigenvalue weighted by Gasteiger charge is 2.26. The van der Waals surface area contributed by atoms with Gasteiger partial charge in [-0.3, -0.25) is 18.7 Å². The van der Waals surface area contributed by atoms with E-state index in [4.69, 9.17) is 38.7 Å². The number of carbonyl (C=O) groups is 1. The minimum atomic E-state index is -0.796. The number of nitrogens with two attached hydrogens (primary N) is 1. The first-order valence-corrected chi connectivity index (χ1v) is 12.2. The van der Waals surface area contributed by atoms with Gasteiger partial charge in [0.25, 0.3) is 5.56 Å². The van der Waals surface area contributed by atoms with Gasteiger partial charge < -0.3 is 10.5 Å². The number of carbonyl (C=O) groups excluding carboxylic acids is 1. The van der Waals surface area contributed by atoms with Crippen LogP contribution in [0.4, 0.5) is 0 Å². The Kier molecular flexibility index (Phi) is 6.70. The lowest BCUT2D eigenvalue weighted by Gasteiger charge is -2.23. The molecule has 1 amide bonds. The van der Waals surface area contributed by atoms with Gasteiger partial charge in [-0.05, 0) is 55.2 Å². The second-order valence-corrected chi connectivity index (χ2v) is 9.55. The molecule has 36 heavy (non-hydrogen) atoms. The fraction of sp³-hybridized carbons (Fsp3) is 0.280. The van der Waals surface area contributed by atoms with Gasteiger partial charge >= 0.3 is 5.69 Å². The van der Waals surface area contributed by atoms with Gasteiger partial charge in [-0.2, -0.15) is 0 Å². The predicted molar refractivity (Wildman–Crippen MR) is 138 cm³/mol. The van der Waals surface area contributed by atoms with Gasteiger partial charge in [0.2, 0.25) is 5.91 Å². The number of hydrogen-bond donors (Lipinski definition) is 1. The van der Waals surface area contributed by atoms with Gasteiger partial charge in [-0.1, -0.05) is 35.3 Å². The van der Waals surface area contributed by atoms with E-state index in [9.17, 15) is 14.4 Å². The molecule has 0 bridgehead atoms. The van der Waals surface area contributed by atoms with E-state index in [1.807, 2.05) is 6.07 Å². The summed E-state index contributed by atoms with van der Waals surface area (Å²) in [7, 11) is 0. The highest BCUT2D eigenvalue weighted by Crippen LogP contribution is 2.32. The standard InChI is InChI=1S/C25H23Cl2N5O4/c26-16-5-7-17(8-6-16)32-21-23(29-22(32)18-3-1-2-4-19(18)27)30(13-15-9-11-36-12-10-15)25(35)31(24(21)34)14-20(28)33/h1-8,15H,9-14H2,(H2,28,33). The Morgan fingerprint density at radius 2 is 1.72 bits per heavy atom. The van der Waals surface area contributed by atoms with Crippen LogP contribution in [0.2, 0.25) is 10.0 Å². The van der Waals surface area contributed by atoms with Crippen LogP contribution in [-0.4, -0.2) is 37.8 Å². The van der Waals surface area contributed by atoms with E-state index in [0.717, 1.165) is 17.4 Å². The van der Waals surface area contributed by atoms with Crippen LogP contribution in [0.15, 0.2) is 58.1 Å². The molecular weight excluding hydrogens is 505 g/mol. The number of ether oxygens (including phenoxy) is 1. The molecule has 0 radical (unpaired) electrons. The van der Waals surface area contributed by atoms with Gasteiger partial charge in [0.05, 0.1) is 5.02 Å². The summed E-state index contributed by atoms with van der Waals surface area (Å²) in [5.41, 5.74) is 5.62. The molecule has 0 atom stereocenters. The predicted octanol–water partition coefficient (Wildman–Crippen LogP) is 3.23. The third-order valence-electron chi connectivity index (χ3n) is 6.32. The molecule has 2 aromatic carbocycles. The molecule has 1 saturated heterocycles. The molecule has 2 N–H and O–H groups in total. The van der Waals surface area contributed by atoms with Crippen molar-refractivity contribution < 1.29 is 9.53 Å². The average molecular weight is 528 g/mol. The summed E-state index contributed by atoms with van der Waals surface area (Å²) in [5.74, 6) is -0.273. The fourth-order valence-electron chi connectivity index (χ4n) is 4.55. The third-order valence-corrected chi connectivity index (χ3v) is 6.90. The van der Waals surface area contributed by atoms with Crippen molar-refractivity contribution in [1.82, 2.24) is 18.7 Å².